The molecule has 1 aromatic heterocycles. The van der Waals surface area contributed by atoms with Crippen LogP contribution in [0.25, 0.3) is 0 Å². The van der Waals surface area contributed by atoms with Crippen molar-refractivity contribution >= 4 is 23.3 Å². The van der Waals surface area contributed by atoms with Crippen molar-refractivity contribution in [1.29, 1.82) is 0 Å². The van der Waals surface area contributed by atoms with Gasteiger partial charge in [-0.1, -0.05) is 36.7 Å². The van der Waals surface area contributed by atoms with Crippen LogP contribution < -0.4 is 5.32 Å². The SMILES string of the molecule is CCc1ccccc1C(=O)Nc1cncc(Cl)n1. The van der Waals surface area contributed by atoms with Crippen LogP contribution >= 0.6 is 11.6 Å². The van der Waals surface area contributed by atoms with E-state index in [4.69, 9.17) is 11.6 Å². The van der Waals surface area contributed by atoms with Gasteiger partial charge in [0.1, 0.15) is 5.15 Å². The molecule has 0 aliphatic rings. The third-order valence-electron chi connectivity index (χ3n) is 2.49. The Morgan fingerprint density at radius 2 is 2.11 bits per heavy atom. The molecule has 0 fully saturated rings. The van der Waals surface area contributed by atoms with Crippen molar-refractivity contribution in [2.45, 2.75) is 13.3 Å². The lowest BCUT2D eigenvalue weighted by molar-refractivity contribution is 0.102. The van der Waals surface area contributed by atoms with Crippen molar-refractivity contribution in [2.24, 2.45) is 0 Å². The third kappa shape index (κ3) is 2.84. The first-order valence-electron chi connectivity index (χ1n) is 5.57. The summed E-state index contributed by atoms with van der Waals surface area (Å²) in [6, 6.07) is 7.46. The number of anilines is 1. The Morgan fingerprint density at radius 1 is 1.33 bits per heavy atom. The number of hydrogen-bond acceptors (Lipinski definition) is 3. The van der Waals surface area contributed by atoms with E-state index in [1.54, 1.807) is 6.07 Å². The summed E-state index contributed by atoms with van der Waals surface area (Å²) in [5.74, 6) is 0.141. The van der Waals surface area contributed by atoms with Gasteiger partial charge in [0.2, 0.25) is 0 Å². The van der Waals surface area contributed by atoms with Crippen LogP contribution in [0.15, 0.2) is 36.7 Å². The highest BCUT2D eigenvalue weighted by Crippen LogP contribution is 2.13. The van der Waals surface area contributed by atoms with Crippen LogP contribution in [0, 0.1) is 0 Å². The van der Waals surface area contributed by atoms with Crippen molar-refractivity contribution in [3.8, 4) is 0 Å². The Kier molecular flexibility index (Phi) is 3.89. The largest absolute Gasteiger partial charge is 0.305 e. The molecule has 1 N–H and O–H groups in total. The van der Waals surface area contributed by atoms with Crippen molar-refractivity contribution in [3.63, 3.8) is 0 Å². The molecule has 5 heteroatoms. The molecular formula is C13H12ClN3O. The van der Waals surface area contributed by atoms with Gasteiger partial charge in [-0.15, -0.1) is 0 Å². The number of halogens is 1. The average Bonchev–Trinajstić information content (AvgIpc) is 2.38. The number of benzene rings is 1. The summed E-state index contributed by atoms with van der Waals surface area (Å²) < 4.78 is 0. The molecule has 0 saturated heterocycles. The van der Waals surface area contributed by atoms with Crippen molar-refractivity contribution in [1.82, 2.24) is 9.97 Å². The van der Waals surface area contributed by atoms with Gasteiger partial charge in [0.05, 0.1) is 12.4 Å². The molecule has 0 saturated carbocycles. The van der Waals surface area contributed by atoms with Gasteiger partial charge in [-0.2, -0.15) is 0 Å². The number of aromatic nitrogens is 2. The van der Waals surface area contributed by atoms with Gasteiger partial charge in [0.15, 0.2) is 5.82 Å². The Labute approximate surface area is 110 Å². The van der Waals surface area contributed by atoms with Crippen LogP contribution in [0.2, 0.25) is 5.15 Å². The predicted molar refractivity (Wildman–Crippen MR) is 70.8 cm³/mol. The van der Waals surface area contributed by atoms with Gasteiger partial charge in [0, 0.05) is 5.56 Å². The maximum Gasteiger partial charge on any atom is 0.257 e. The van der Waals surface area contributed by atoms with E-state index in [9.17, 15) is 4.79 Å². The van der Waals surface area contributed by atoms with E-state index in [-0.39, 0.29) is 11.1 Å². The zero-order chi connectivity index (χ0) is 13.0. The molecule has 92 valence electrons. The smallest absolute Gasteiger partial charge is 0.257 e. The maximum absolute atomic E-state index is 12.1. The molecule has 0 aliphatic heterocycles. The number of hydrogen-bond donors (Lipinski definition) is 1. The number of nitrogens with one attached hydrogen (secondary N) is 1. The Hall–Kier alpha value is -1.94. The van der Waals surface area contributed by atoms with Gasteiger partial charge in [-0.05, 0) is 18.1 Å². The molecule has 1 amide bonds. The van der Waals surface area contributed by atoms with Crippen molar-refractivity contribution in [3.05, 3.63) is 52.9 Å². The van der Waals surface area contributed by atoms with Crippen LogP contribution in [-0.4, -0.2) is 15.9 Å². The maximum atomic E-state index is 12.1. The fraction of sp³-hybridized carbons (Fsp3) is 0.154. The molecule has 0 atom stereocenters. The van der Waals surface area contributed by atoms with E-state index >= 15 is 0 Å². The lowest BCUT2D eigenvalue weighted by atomic mass is 10.0. The summed E-state index contributed by atoms with van der Waals surface area (Å²) >= 11 is 5.71. The number of nitrogens with zero attached hydrogens (tertiary/aromatic N) is 2. The molecule has 4 nitrogen and oxygen atoms in total. The van der Waals surface area contributed by atoms with Crippen LogP contribution in [0.1, 0.15) is 22.8 Å². The standard InChI is InChI=1S/C13H12ClN3O/c1-2-9-5-3-4-6-10(9)13(18)17-12-8-15-7-11(14)16-12/h3-8H,2H2,1H3,(H,16,17,18). The summed E-state index contributed by atoms with van der Waals surface area (Å²) in [7, 11) is 0. The number of carbonyl (C=O) groups is 1. The van der Waals surface area contributed by atoms with E-state index < -0.39 is 0 Å². The molecule has 0 bridgehead atoms. The van der Waals surface area contributed by atoms with E-state index in [0.717, 1.165) is 12.0 Å². The molecule has 2 aromatic rings. The predicted octanol–water partition coefficient (Wildman–Crippen LogP) is 2.94. The number of rotatable bonds is 3. The molecule has 1 aromatic carbocycles. The van der Waals surface area contributed by atoms with Crippen LogP contribution in [-0.2, 0) is 6.42 Å². The normalized spacial score (nSPS) is 10.1. The number of carbonyl (C=O) groups excluding carboxylic acids is 1. The molecule has 18 heavy (non-hydrogen) atoms. The van der Waals surface area contributed by atoms with Crippen molar-refractivity contribution < 1.29 is 4.79 Å². The van der Waals surface area contributed by atoms with E-state index in [0.29, 0.717) is 11.4 Å². The minimum absolute atomic E-state index is 0.205. The molecule has 0 radical (unpaired) electrons. The first-order valence-corrected chi connectivity index (χ1v) is 5.95. The van der Waals surface area contributed by atoms with Crippen LogP contribution in [0.4, 0.5) is 5.82 Å². The molecule has 1 heterocycles. The van der Waals surface area contributed by atoms with E-state index in [2.05, 4.69) is 15.3 Å². The topological polar surface area (TPSA) is 54.9 Å². The second-order valence-electron chi connectivity index (χ2n) is 3.69. The van der Waals surface area contributed by atoms with Gasteiger partial charge >= 0.3 is 0 Å². The highest BCUT2D eigenvalue weighted by molar-refractivity contribution is 6.29. The lowest BCUT2D eigenvalue weighted by Gasteiger charge is -2.07. The second kappa shape index (κ2) is 5.60. The highest BCUT2D eigenvalue weighted by Gasteiger charge is 2.10. The zero-order valence-electron chi connectivity index (χ0n) is 9.85. The first-order chi connectivity index (χ1) is 8.70. The van der Waals surface area contributed by atoms with Gasteiger partial charge in [-0.3, -0.25) is 9.78 Å². The summed E-state index contributed by atoms with van der Waals surface area (Å²) in [6.07, 6.45) is 3.67. The fourth-order valence-corrected chi connectivity index (χ4v) is 1.78. The molecule has 2 rings (SSSR count). The van der Waals surface area contributed by atoms with Crippen molar-refractivity contribution in [2.75, 3.05) is 5.32 Å². The van der Waals surface area contributed by atoms with E-state index in [1.165, 1.54) is 12.4 Å². The summed E-state index contributed by atoms with van der Waals surface area (Å²) in [5.41, 5.74) is 1.63. The summed E-state index contributed by atoms with van der Waals surface area (Å²) in [6.45, 7) is 2.01. The summed E-state index contributed by atoms with van der Waals surface area (Å²) in [5, 5.41) is 2.92. The number of amides is 1. The van der Waals surface area contributed by atoms with Gasteiger partial charge in [-0.25, -0.2) is 4.98 Å². The minimum Gasteiger partial charge on any atom is -0.305 e. The minimum atomic E-state index is -0.205. The zero-order valence-corrected chi connectivity index (χ0v) is 10.6. The van der Waals surface area contributed by atoms with Gasteiger partial charge in [0.25, 0.3) is 5.91 Å². The lowest BCUT2D eigenvalue weighted by Crippen LogP contribution is -2.15. The van der Waals surface area contributed by atoms with Crippen LogP contribution in [0.3, 0.4) is 0 Å². The summed E-state index contributed by atoms with van der Waals surface area (Å²) in [4.78, 5) is 19.9. The monoisotopic (exact) mass is 261 g/mol. The van der Waals surface area contributed by atoms with E-state index in [1.807, 2.05) is 25.1 Å². The second-order valence-corrected chi connectivity index (χ2v) is 4.08. The fourth-order valence-electron chi connectivity index (χ4n) is 1.64. The Balaban J connectivity index is 2.22. The molecule has 0 aliphatic carbocycles. The Bertz CT molecular complexity index is 572. The molecular weight excluding hydrogens is 250 g/mol. The molecule has 0 spiro atoms. The quantitative estimate of drug-likeness (QED) is 0.924. The third-order valence-corrected chi connectivity index (χ3v) is 2.67. The number of aryl methyl sites for hydroxylation is 1. The Morgan fingerprint density at radius 3 is 2.83 bits per heavy atom. The first kappa shape index (κ1) is 12.5. The van der Waals surface area contributed by atoms with Crippen LogP contribution in [0.5, 0.6) is 0 Å². The van der Waals surface area contributed by atoms with Gasteiger partial charge < -0.3 is 5.32 Å². The highest BCUT2D eigenvalue weighted by atomic mass is 35.5. The molecule has 0 unspecified atom stereocenters. The average molecular weight is 262 g/mol.